The second-order valence-electron chi connectivity index (χ2n) is 18.7. The van der Waals surface area contributed by atoms with Gasteiger partial charge in [-0.2, -0.15) is 0 Å². The fourth-order valence-corrected chi connectivity index (χ4v) is 10.7. The molecule has 3 fully saturated rings. The first-order chi connectivity index (χ1) is 29.3. The van der Waals surface area contributed by atoms with Gasteiger partial charge < -0.3 is 23.8 Å². The zero-order chi connectivity index (χ0) is 44.7. The molecule has 2 amide bonds. The number of rotatable bonds is 10. The minimum atomic E-state index is -3.89. The molecule has 13 nitrogen and oxygen atoms in total. The normalized spacial score (nSPS) is 27.6. The van der Waals surface area contributed by atoms with Crippen LogP contribution >= 0.6 is 11.6 Å². The smallest absolute Gasteiger partial charge is 0.307 e. The lowest BCUT2D eigenvalue weighted by Crippen LogP contribution is -2.47. The number of carbonyl (C=O) groups excluding carboxylic acids is 4. The summed E-state index contributed by atoms with van der Waals surface area (Å²) in [5, 5.41) is 1.21. The standard InChI is InChI=1S/C47H58ClN3O10S/c1-27-10-8-9-11-31-24-47(31,45(55)50-62(56,57)34-14-15-34)25-40(52)39-22-33(26-51(39)44(54)36(28(2)18-27)23-42(53)61-46(3,4)5)60-43-35-16-13-32(58-6)19-30(35)21-38(49-43)29-12-17-41(59-7)37(48)20-29/h9,11-13,16-17,19-21,27-28,31,33-34,36,39H,8,10,14-15,18,22-26H2,1-7H3,(H,50,55)/b11-9-/t27-,28-,31-,33-,36+,39+,47-/m1/s1. The van der Waals surface area contributed by atoms with Crippen molar-refractivity contribution in [1.82, 2.24) is 14.6 Å². The van der Waals surface area contributed by atoms with Gasteiger partial charge in [0.05, 0.1) is 60.5 Å². The van der Waals surface area contributed by atoms with Crippen LogP contribution in [0.1, 0.15) is 92.4 Å². The third-order valence-electron chi connectivity index (χ3n) is 12.7. The average Bonchev–Trinajstić information content (AvgIpc) is 4.14. The summed E-state index contributed by atoms with van der Waals surface area (Å²) in [6.07, 6.45) is 6.26. The summed E-state index contributed by atoms with van der Waals surface area (Å²) in [6, 6.07) is 11.7. The maximum atomic E-state index is 15.1. The van der Waals surface area contributed by atoms with Gasteiger partial charge in [0.25, 0.3) is 0 Å². The molecule has 62 heavy (non-hydrogen) atoms. The number of methoxy groups -OCH3 is 2. The fraction of sp³-hybridized carbons (Fsp3) is 0.553. The Morgan fingerprint density at radius 1 is 1.00 bits per heavy atom. The van der Waals surface area contributed by atoms with Crippen LogP contribution in [0.5, 0.6) is 17.4 Å². The summed E-state index contributed by atoms with van der Waals surface area (Å²) in [6.45, 7) is 9.41. The summed E-state index contributed by atoms with van der Waals surface area (Å²) in [4.78, 5) is 63.9. The number of pyridine rings is 1. The SMILES string of the molecule is COc1ccc2c(O[C@@H]3C[C@H]4C(=O)C[C@]5(C(=O)NS(=O)(=O)C6CC6)C[C@H]5/C=C\CC[C@@H](C)C[C@@H](C)[C@H](CC(=O)OC(C)(C)C)C(=O)N4C3)nc(-c3ccc(OC)c(Cl)c3)cc2c1. The number of hydrogen-bond donors (Lipinski definition) is 1. The number of esters is 1. The second kappa shape index (κ2) is 17.8. The van der Waals surface area contributed by atoms with Gasteiger partial charge in [0.2, 0.25) is 27.7 Å². The lowest BCUT2D eigenvalue weighted by Gasteiger charge is -2.32. The molecule has 4 aliphatic rings. The number of allylic oxidation sites excluding steroid dienone is 2. The number of ketones is 1. The van der Waals surface area contributed by atoms with E-state index in [4.69, 9.17) is 35.5 Å². The number of hydrogen-bond acceptors (Lipinski definition) is 11. The Balaban J connectivity index is 1.27. The number of carbonyl (C=O) groups is 4. The molecule has 1 N–H and O–H groups in total. The van der Waals surface area contributed by atoms with Gasteiger partial charge in [0, 0.05) is 23.8 Å². The Morgan fingerprint density at radius 3 is 2.44 bits per heavy atom. The Morgan fingerprint density at radius 2 is 1.76 bits per heavy atom. The molecule has 0 spiro atoms. The van der Waals surface area contributed by atoms with E-state index in [9.17, 15) is 22.8 Å². The van der Waals surface area contributed by atoms with Crippen molar-refractivity contribution in [2.45, 2.75) is 115 Å². The molecule has 3 aromatic rings. The highest BCUT2D eigenvalue weighted by Gasteiger charge is 2.61. The largest absolute Gasteiger partial charge is 0.497 e. The second-order valence-corrected chi connectivity index (χ2v) is 21.1. The van der Waals surface area contributed by atoms with Crippen molar-refractivity contribution in [2.24, 2.45) is 29.1 Å². The Hall–Kier alpha value is -4.69. The van der Waals surface area contributed by atoms with Crippen molar-refractivity contribution >= 4 is 56.0 Å². The Labute approximate surface area is 369 Å². The average molecular weight is 893 g/mol. The highest BCUT2D eigenvalue weighted by Crippen LogP contribution is 2.57. The molecule has 0 bridgehead atoms. The number of sulfonamides is 1. The molecule has 2 aliphatic heterocycles. The third kappa shape index (κ3) is 10.1. The van der Waals surface area contributed by atoms with Crippen molar-refractivity contribution in [3.63, 3.8) is 0 Å². The summed E-state index contributed by atoms with van der Waals surface area (Å²) in [5.74, 6) is -1.80. The molecule has 1 saturated heterocycles. The van der Waals surface area contributed by atoms with Gasteiger partial charge in [-0.15, -0.1) is 0 Å². The van der Waals surface area contributed by atoms with Gasteiger partial charge in [0.15, 0.2) is 5.78 Å². The lowest BCUT2D eigenvalue weighted by atomic mass is 9.82. The maximum absolute atomic E-state index is 15.1. The van der Waals surface area contributed by atoms with Crippen LogP contribution in [-0.2, 0) is 33.9 Å². The number of Topliss-reactive ketones (excluding diaryl/α,β-unsaturated/α-hetero) is 1. The highest BCUT2D eigenvalue weighted by atomic mass is 35.5. The number of halogens is 1. The zero-order valence-electron chi connectivity index (χ0n) is 36.6. The quantitative estimate of drug-likeness (QED) is 0.156. The number of nitrogens with zero attached hydrogens (tertiary/aromatic N) is 2. The minimum Gasteiger partial charge on any atom is -0.497 e. The van der Waals surface area contributed by atoms with Crippen molar-refractivity contribution in [3.05, 3.63) is 59.6 Å². The number of aromatic nitrogens is 1. The number of ether oxygens (including phenoxy) is 4. The van der Waals surface area contributed by atoms with Crippen molar-refractivity contribution in [2.75, 3.05) is 20.8 Å². The van der Waals surface area contributed by atoms with Crippen LogP contribution < -0.4 is 18.9 Å². The first-order valence-electron chi connectivity index (χ1n) is 21.6. The van der Waals surface area contributed by atoms with Gasteiger partial charge in [0.1, 0.15) is 23.2 Å². The number of nitrogens with one attached hydrogen (secondary N) is 1. The highest BCUT2D eigenvalue weighted by molar-refractivity contribution is 7.90. The fourth-order valence-electron chi connectivity index (χ4n) is 9.10. The topological polar surface area (TPSA) is 167 Å². The van der Waals surface area contributed by atoms with Crippen LogP contribution in [-0.4, -0.2) is 85.6 Å². The van der Waals surface area contributed by atoms with Gasteiger partial charge in [-0.25, -0.2) is 13.4 Å². The van der Waals surface area contributed by atoms with Gasteiger partial charge in [-0.05, 0) is 125 Å². The number of amides is 2. The van der Waals surface area contributed by atoms with Crippen LogP contribution in [0, 0.1) is 29.1 Å². The molecule has 2 aromatic carbocycles. The van der Waals surface area contributed by atoms with E-state index in [-0.39, 0.29) is 61.1 Å². The van der Waals surface area contributed by atoms with E-state index in [1.807, 2.05) is 43.3 Å². The molecule has 2 aliphatic carbocycles. The van der Waals surface area contributed by atoms with Crippen LogP contribution in [0.3, 0.4) is 0 Å². The van der Waals surface area contributed by atoms with Crippen molar-refractivity contribution in [3.8, 4) is 28.6 Å². The zero-order valence-corrected chi connectivity index (χ0v) is 38.1. The molecule has 15 heteroatoms. The van der Waals surface area contributed by atoms with Crippen LogP contribution in [0.25, 0.3) is 22.0 Å². The van der Waals surface area contributed by atoms with Crippen LogP contribution in [0.2, 0.25) is 5.02 Å². The first-order valence-corrected chi connectivity index (χ1v) is 23.5. The summed E-state index contributed by atoms with van der Waals surface area (Å²) in [7, 11) is -0.776. The van der Waals surface area contributed by atoms with Gasteiger partial charge >= 0.3 is 5.97 Å². The van der Waals surface area contributed by atoms with E-state index in [1.165, 1.54) is 12.0 Å². The van der Waals surface area contributed by atoms with E-state index >= 15 is 4.79 Å². The summed E-state index contributed by atoms with van der Waals surface area (Å²) >= 11 is 6.54. The Kier molecular flexibility index (Phi) is 13.0. The Bertz CT molecular complexity index is 2380. The lowest BCUT2D eigenvalue weighted by molar-refractivity contribution is -0.160. The van der Waals surface area contributed by atoms with E-state index in [2.05, 4.69) is 11.6 Å². The molecule has 1 aromatic heterocycles. The van der Waals surface area contributed by atoms with Crippen LogP contribution in [0.4, 0.5) is 0 Å². The molecule has 7 rings (SSSR count). The summed E-state index contributed by atoms with van der Waals surface area (Å²) in [5.41, 5.74) is -0.818. The first kappa shape index (κ1) is 45.3. The molecule has 334 valence electrons. The van der Waals surface area contributed by atoms with Gasteiger partial charge in [-0.1, -0.05) is 37.6 Å². The van der Waals surface area contributed by atoms with Crippen molar-refractivity contribution in [1.29, 1.82) is 0 Å². The molecule has 2 saturated carbocycles. The molecule has 0 radical (unpaired) electrons. The molecular weight excluding hydrogens is 834 g/mol. The maximum Gasteiger partial charge on any atom is 0.307 e. The molecular formula is C47H58ClN3O10S. The minimum absolute atomic E-state index is 0.00115. The molecule has 7 atom stereocenters. The van der Waals surface area contributed by atoms with E-state index in [1.54, 1.807) is 46.1 Å². The predicted octanol–water partition coefficient (Wildman–Crippen LogP) is 7.85. The molecule has 3 heterocycles. The van der Waals surface area contributed by atoms with Crippen LogP contribution in [0.15, 0.2) is 54.6 Å². The molecule has 0 unspecified atom stereocenters. The third-order valence-corrected chi connectivity index (χ3v) is 14.8. The van der Waals surface area contributed by atoms with E-state index < -0.39 is 56.2 Å². The number of benzene rings is 2. The van der Waals surface area contributed by atoms with E-state index in [0.29, 0.717) is 65.3 Å². The monoisotopic (exact) mass is 891 g/mol. The number of fused-ring (bicyclic) bond motifs is 3. The predicted molar refractivity (Wildman–Crippen MR) is 235 cm³/mol. The van der Waals surface area contributed by atoms with Crippen molar-refractivity contribution < 1.29 is 46.5 Å². The summed E-state index contributed by atoms with van der Waals surface area (Å²) < 4.78 is 51.8. The van der Waals surface area contributed by atoms with E-state index in [0.717, 1.165) is 11.8 Å². The van der Waals surface area contributed by atoms with Gasteiger partial charge in [-0.3, -0.25) is 23.9 Å².